The predicted molar refractivity (Wildman–Crippen MR) is 81.0 cm³/mol. The van der Waals surface area contributed by atoms with Crippen LogP contribution in [0.25, 0.3) is 10.9 Å². The number of H-pyrrole nitrogens is 1. The lowest BCUT2D eigenvalue weighted by molar-refractivity contribution is -0.129. The summed E-state index contributed by atoms with van der Waals surface area (Å²) < 4.78 is 0. The van der Waals surface area contributed by atoms with Crippen molar-refractivity contribution in [1.82, 2.24) is 15.2 Å². The highest BCUT2D eigenvalue weighted by Gasteiger charge is 2.36. The van der Waals surface area contributed by atoms with Gasteiger partial charge in [-0.15, -0.1) is 0 Å². The molecule has 0 saturated carbocycles. The van der Waals surface area contributed by atoms with E-state index in [0.717, 1.165) is 10.9 Å². The molecule has 1 aromatic heterocycles. The lowest BCUT2D eigenvalue weighted by Gasteiger charge is -2.38. The first-order chi connectivity index (χ1) is 10.1. The Morgan fingerprint density at radius 3 is 2.71 bits per heavy atom. The molecule has 0 aliphatic carbocycles. The van der Waals surface area contributed by atoms with Gasteiger partial charge in [0.15, 0.2) is 0 Å². The summed E-state index contributed by atoms with van der Waals surface area (Å²) in [6.45, 7) is 4.87. The van der Waals surface area contributed by atoms with Crippen molar-refractivity contribution >= 4 is 22.7 Å². The average molecular weight is 285 g/mol. The molecule has 2 N–H and O–H groups in total. The lowest BCUT2D eigenvalue weighted by atomic mass is 9.97. The Morgan fingerprint density at radius 1 is 1.29 bits per heavy atom. The zero-order valence-electron chi connectivity index (χ0n) is 12.2. The molecule has 0 atom stereocenters. The molecule has 1 fully saturated rings. The minimum absolute atomic E-state index is 0.0129. The first-order valence-corrected chi connectivity index (χ1v) is 7.22. The van der Waals surface area contributed by atoms with E-state index in [1.807, 2.05) is 38.1 Å². The fourth-order valence-electron chi connectivity index (χ4n) is 2.63. The summed E-state index contributed by atoms with van der Waals surface area (Å²) in [5, 5.41) is 3.81. The number of hydrogen-bond donors (Lipinski definition) is 2. The Hall–Kier alpha value is -2.30. The van der Waals surface area contributed by atoms with Gasteiger partial charge in [0.1, 0.15) is 0 Å². The number of aromatic amines is 1. The Morgan fingerprint density at radius 2 is 2.00 bits per heavy atom. The Balaban J connectivity index is 1.67. The molecule has 0 unspecified atom stereocenters. The molecule has 0 bridgehead atoms. The number of rotatable bonds is 3. The van der Waals surface area contributed by atoms with Gasteiger partial charge in [-0.3, -0.25) is 9.59 Å². The van der Waals surface area contributed by atoms with Gasteiger partial charge in [-0.2, -0.15) is 0 Å². The zero-order valence-corrected chi connectivity index (χ0v) is 12.2. The Kier molecular flexibility index (Phi) is 3.41. The van der Waals surface area contributed by atoms with Crippen molar-refractivity contribution in [3.8, 4) is 0 Å². The van der Waals surface area contributed by atoms with Crippen molar-refractivity contribution < 1.29 is 9.59 Å². The van der Waals surface area contributed by atoms with Crippen LogP contribution in [0.1, 0.15) is 24.2 Å². The molecule has 0 radical (unpaired) electrons. The highest BCUT2D eigenvalue weighted by atomic mass is 16.2. The number of fused-ring (bicyclic) bond motifs is 1. The van der Waals surface area contributed by atoms with Gasteiger partial charge >= 0.3 is 0 Å². The first kappa shape index (κ1) is 13.7. The number of carbonyl (C=O) groups is 2. The van der Waals surface area contributed by atoms with E-state index in [0.29, 0.717) is 18.7 Å². The second kappa shape index (κ2) is 5.24. The number of aromatic nitrogens is 1. The third kappa shape index (κ3) is 2.51. The molecule has 1 aliphatic rings. The van der Waals surface area contributed by atoms with Gasteiger partial charge in [0, 0.05) is 36.2 Å². The average Bonchev–Trinajstić information content (AvgIpc) is 2.79. The molecular formula is C16H19N3O2. The largest absolute Gasteiger partial charge is 0.360 e. The highest BCUT2D eigenvalue weighted by molar-refractivity contribution is 6.07. The van der Waals surface area contributed by atoms with Crippen LogP contribution in [0.3, 0.4) is 0 Å². The maximum absolute atomic E-state index is 12.5. The second-order valence-corrected chi connectivity index (χ2v) is 5.82. The van der Waals surface area contributed by atoms with Crippen LogP contribution in [0.15, 0.2) is 30.5 Å². The molecule has 3 rings (SSSR count). The smallest absolute Gasteiger partial charge is 0.256 e. The molecule has 110 valence electrons. The normalized spacial score (nSPS) is 15.3. The van der Waals surface area contributed by atoms with Gasteiger partial charge in [-0.1, -0.05) is 18.2 Å². The quantitative estimate of drug-likeness (QED) is 0.902. The fourth-order valence-corrected chi connectivity index (χ4v) is 2.63. The minimum atomic E-state index is -0.0819. The van der Waals surface area contributed by atoms with Crippen LogP contribution in [0.4, 0.5) is 0 Å². The minimum Gasteiger partial charge on any atom is -0.360 e. The second-order valence-electron chi connectivity index (χ2n) is 5.82. The fraction of sp³-hybridized carbons (Fsp3) is 0.375. The van der Waals surface area contributed by atoms with Crippen molar-refractivity contribution in [3.05, 3.63) is 36.0 Å². The Labute approximate surface area is 123 Å². The summed E-state index contributed by atoms with van der Waals surface area (Å²) in [7, 11) is 0. The van der Waals surface area contributed by atoms with Crippen molar-refractivity contribution in [2.75, 3.05) is 13.1 Å². The van der Waals surface area contributed by atoms with E-state index in [4.69, 9.17) is 0 Å². The van der Waals surface area contributed by atoms with Gasteiger partial charge in [0.05, 0.1) is 11.5 Å². The zero-order chi connectivity index (χ0) is 15.0. The van der Waals surface area contributed by atoms with E-state index >= 15 is 0 Å². The molecule has 2 aromatic rings. The monoisotopic (exact) mass is 285 g/mol. The molecule has 2 heterocycles. The maximum atomic E-state index is 12.5. The van der Waals surface area contributed by atoms with Gasteiger partial charge in [0.2, 0.25) is 5.91 Å². The van der Waals surface area contributed by atoms with Crippen LogP contribution < -0.4 is 5.32 Å². The van der Waals surface area contributed by atoms with Crippen molar-refractivity contribution in [2.24, 2.45) is 5.92 Å². The molecule has 21 heavy (non-hydrogen) atoms. The third-order valence-electron chi connectivity index (χ3n) is 3.79. The molecular weight excluding hydrogens is 266 g/mol. The maximum Gasteiger partial charge on any atom is 0.256 e. The SMILES string of the molecule is CC(C)NC(=O)C1CN(C(=O)c2c[nH]c3ccccc23)C1. The molecule has 1 aromatic carbocycles. The highest BCUT2D eigenvalue weighted by Crippen LogP contribution is 2.24. The molecule has 0 spiro atoms. The number of nitrogens with one attached hydrogen (secondary N) is 2. The summed E-state index contributed by atoms with van der Waals surface area (Å²) in [6, 6.07) is 7.87. The van der Waals surface area contributed by atoms with Crippen LogP contribution >= 0.6 is 0 Å². The molecule has 2 amide bonds. The summed E-state index contributed by atoms with van der Waals surface area (Å²) in [4.78, 5) is 29.1. The van der Waals surface area contributed by atoms with E-state index in [9.17, 15) is 9.59 Å². The van der Waals surface area contributed by atoms with E-state index in [-0.39, 0.29) is 23.8 Å². The standard InChI is InChI=1S/C16H19N3O2/c1-10(2)18-15(20)11-8-19(9-11)16(21)13-7-17-14-6-4-3-5-12(13)14/h3-7,10-11,17H,8-9H2,1-2H3,(H,18,20). The van der Waals surface area contributed by atoms with Crippen molar-refractivity contribution in [3.63, 3.8) is 0 Å². The molecule has 1 saturated heterocycles. The first-order valence-electron chi connectivity index (χ1n) is 7.22. The number of carbonyl (C=O) groups excluding carboxylic acids is 2. The van der Waals surface area contributed by atoms with Crippen LogP contribution in [-0.4, -0.2) is 40.8 Å². The van der Waals surface area contributed by atoms with Crippen LogP contribution in [0, 0.1) is 5.92 Å². The van der Waals surface area contributed by atoms with Gasteiger partial charge in [-0.25, -0.2) is 0 Å². The van der Waals surface area contributed by atoms with Gasteiger partial charge in [-0.05, 0) is 19.9 Å². The van der Waals surface area contributed by atoms with E-state index in [1.54, 1.807) is 11.1 Å². The van der Waals surface area contributed by atoms with E-state index in [1.165, 1.54) is 0 Å². The molecule has 1 aliphatic heterocycles. The van der Waals surface area contributed by atoms with Crippen LogP contribution in [-0.2, 0) is 4.79 Å². The number of para-hydroxylation sites is 1. The molecule has 5 nitrogen and oxygen atoms in total. The summed E-state index contributed by atoms with van der Waals surface area (Å²) in [5.41, 5.74) is 1.63. The number of amides is 2. The van der Waals surface area contributed by atoms with E-state index < -0.39 is 0 Å². The predicted octanol–water partition coefficient (Wildman–Crippen LogP) is 1.76. The summed E-state index contributed by atoms with van der Waals surface area (Å²) in [5.74, 6) is -0.0596. The summed E-state index contributed by atoms with van der Waals surface area (Å²) >= 11 is 0. The lowest BCUT2D eigenvalue weighted by Crippen LogP contribution is -2.56. The van der Waals surface area contributed by atoms with Gasteiger partial charge < -0.3 is 15.2 Å². The molecule has 5 heteroatoms. The van der Waals surface area contributed by atoms with Crippen LogP contribution in [0.2, 0.25) is 0 Å². The Bertz CT molecular complexity index is 684. The number of benzene rings is 1. The van der Waals surface area contributed by atoms with Crippen molar-refractivity contribution in [2.45, 2.75) is 19.9 Å². The summed E-state index contributed by atoms with van der Waals surface area (Å²) in [6.07, 6.45) is 1.74. The topological polar surface area (TPSA) is 65.2 Å². The van der Waals surface area contributed by atoms with Gasteiger partial charge in [0.25, 0.3) is 5.91 Å². The van der Waals surface area contributed by atoms with Crippen molar-refractivity contribution in [1.29, 1.82) is 0 Å². The van der Waals surface area contributed by atoms with Crippen LogP contribution in [0.5, 0.6) is 0 Å². The number of hydrogen-bond acceptors (Lipinski definition) is 2. The number of likely N-dealkylation sites (tertiary alicyclic amines) is 1. The number of nitrogens with zero attached hydrogens (tertiary/aromatic N) is 1. The van der Waals surface area contributed by atoms with E-state index in [2.05, 4.69) is 10.3 Å². The third-order valence-corrected chi connectivity index (χ3v) is 3.79.